The second-order valence-electron chi connectivity index (χ2n) is 5.20. The SMILES string of the molecule is C=C/C=C(\C=C)COC(=O)N1CCc2cc(O)c(OC)cc2C1. The van der Waals surface area contributed by atoms with Gasteiger partial charge in [-0.3, -0.25) is 0 Å². The van der Waals surface area contributed by atoms with E-state index in [1.54, 1.807) is 35.3 Å². The molecule has 5 heteroatoms. The fourth-order valence-corrected chi connectivity index (χ4v) is 2.46. The number of aromatic hydroxyl groups is 1. The van der Waals surface area contributed by atoms with Crippen molar-refractivity contribution in [2.24, 2.45) is 0 Å². The van der Waals surface area contributed by atoms with Gasteiger partial charge in [0.1, 0.15) is 6.61 Å². The van der Waals surface area contributed by atoms with E-state index >= 15 is 0 Å². The fraction of sp³-hybridized carbons (Fsp3) is 0.278. The van der Waals surface area contributed by atoms with Crippen molar-refractivity contribution in [3.8, 4) is 11.5 Å². The zero-order valence-electron chi connectivity index (χ0n) is 13.2. The Labute approximate surface area is 136 Å². The third-order valence-corrected chi connectivity index (χ3v) is 3.73. The molecule has 5 nitrogen and oxygen atoms in total. The van der Waals surface area contributed by atoms with Crippen LogP contribution in [0.15, 0.2) is 49.1 Å². The number of nitrogens with zero attached hydrogens (tertiary/aromatic N) is 1. The number of carbonyl (C=O) groups is 1. The van der Waals surface area contributed by atoms with E-state index in [4.69, 9.17) is 9.47 Å². The maximum atomic E-state index is 12.2. The second-order valence-corrected chi connectivity index (χ2v) is 5.20. The summed E-state index contributed by atoms with van der Waals surface area (Å²) in [6.07, 6.45) is 5.30. The van der Waals surface area contributed by atoms with Gasteiger partial charge in [-0.05, 0) is 35.3 Å². The topological polar surface area (TPSA) is 59.0 Å². The predicted octanol–water partition coefficient (Wildman–Crippen LogP) is 3.19. The highest BCUT2D eigenvalue weighted by atomic mass is 16.6. The number of allylic oxidation sites excluding steroid dienone is 2. The highest BCUT2D eigenvalue weighted by molar-refractivity contribution is 5.68. The van der Waals surface area contributed by atoms with E-state index in [-0.39, 0.29) is 18.4 Å². The van der Waals surface area contributed by atoms with Crippen molar-refractivity contribution < 1.29 is 19.4 Å². The molecule has 0 saturated carbocycles. The van der Waals surface area contributed by atoms with Crippen LogP contribution in [0.2, 0.25) is 0 Å². The van der Waals surface area contributed by atoms with E-state index in [1.165, 1.54) is 7.11 Å². The van der Waals surface area contributed by atoms with Crippen LogP contribution in [0, 0.1) is 0 Å². The van der Waals surface area contributed by atoms with Crippen LogP contribution in [0.25, 0.3) is 0 Å². The van der Waals surface area contributed by atoms with E-state index < -0.39 is 0 Å². The van der Waals surface area contributed by atoms with Crippen molar-refractivity contribution in [3.63, 3.8) is 0 Å². The van der Waals surface area contributed by atoms with Crippen LogP contribution < -0.4 is 4.74 Å². The van der Waals surface area contributed by atoms with E-state index in [9.17, 15) is 9.90 Å². The monoisotopic (exact) mass is 315 g/mol. The van der Waals surface area contributed by atoms with Gasteiger partial charge in [0.05, 0.1) is 7.11 Å². The van der Waals surface area contributed by atoms with Gasteiger partial charge in [-0.25, -0.2) is 4.79 Å². The number of phenols is 1. The number of carbonyl (C=O) groups excluding carboxylic acids is 1. The summed E-state index contributed by atoms with van der Waals surface area (Å²) in [5.41, 5.74) is 2.76. The summed E-state index contributed by atoms with van der Waals surface area (Å²) < 4.78 is 10.4. The van der Waals surface area contributed by atoms with Crippen LogP contribution in [0.4, 0.5) is 4.79 Å². The molecule has 1 N–H and O–H groups in total. The summed E-state index contributed by atoms with van der Waals surface area (Å²) in [4.78, 5) is 13.8. The molecule has 2 rings (SSSR count). The van der Waals surface area contributed by atoms with Crippen molar-refractivity contribution in [2.45, 2.75) is 13.0 Å². The van der Waals surface area contributed by atoms with Crippen molar-refractivity contribution in [1.29, 1.82) is 0 Å². The molecule has 0 fully saturated rings. The molecule has 1 amide bonds. The molecule has 1 aliphatic rings. The van der Waals surface area contributed by atoms with Crippen molar-refractivity contribution in [1.82, 2.24) is 4.90 Å². The second kappa shape index (κ2) is 7.54. The van der Waals surface area contributed by atoms with Gasteiger partial charge in [-0.1, -0.05) is 31.4 Å². The van der Waals surface area contributed by atoms with Crippen molar-refractivity contribution in [2.75, 3.05) is 20.3 Å². The Kier molecular flexibility index (Phi) is 5.46. The number of hydrogen-bond acceptors (Lipinski definition) is 4. The number of benzene rings is 1. The first-order valence-corrected chi connectivity index (χ1v) is 7.33. The number of methoxy groups -OCH3 is 1. The Balaban J connectivity index is 2.03. The molecule has 1 aromatic carbocycles. The molecule has 0 unspecified atom stereocenters. The standard InChI is InChI=1S/C18H21NO4/c1-4-6-13(5-2)12-23-18(21)19-8-7-14-9-16(20)17(22-3)10-15(14)11-19/h4-6,9-10,20H,1-2,7-8,11-12H2,3H3/b13-6+. The molecule has 1 aliphatic heterocycles. The molecule has 0 radical (unpaired) electrons. The third-order valence-electron chi connectivity index (χ3n) is 3.73. The van der Waals surface area contributed by atoms with E-state index in [1.807, 2.05) is 0 Å². The molecular formula is C18H21NO4. The highest BCUT2D eigenvalue weighted by Crippen LogP contribution is 2.32. The van der Waals surface area contributed by atoms with Crippen LogP contribution in [-0.4, -0.2) is 36.4 Å². The van der Waals surface area contributed by atoms with Gasteiger partial charge in [0.25, 0.3) is 0 Å². The first kappa shape index (κ1) is 16.7. The molecule has 0 aliphatic carbocycles. The van der Waals surface area contributed by atoms with Gasteiger partial charge >= 0.3 is 6.09 Å². The van der Waals surface area contributed by atoms with Gasteiger partial charge in [-0.2, -0.15) is 0 Å². The lowest BCUT2D eigenvalue weighted by Crippen LogP contribution is -2.36. The maximum Gasteiger partial charge on any atom is 0.410 e. The van der Waals surface area contributed by atoms with E-state index in [2.05, 4.69) is 13.2 Å². The molecule has 0 aromatic heterocycles. The van der Waals surface area contributed by atoms with Crippen molar-refractivity contribution in [3.05, 3.63) is 60.2 Å². The molecular weight excluding hydrogens is 294 g/mol. The van der Waals surface area contributed by atoms with Crippen LogP contribution in [0.3, 0.4) is 0 Å². The normalized spacial score (nSPS) is 14.0. The predicted molar refractivity (Wildman–Crippen MR) is 88.6 cm³/mol. The van der Waals surface area contributed by atoms with Gasteiger partial charge in [0.15, 0.2) is 11.5 Å². The van der Waals surface area contributed by atoms with Gasteiger partial charge in [0, 0.05) is 13.1 Å². The summed E-state index contributed by atoms with van der Waals surface area (Å²) in [7, 11) is 1.50. The molecule has 122 valence electrons. The van der Waals surface area contributed by atoms with Gasteiger partial charge in [-0.15, -0.1) is 0 Å². The number of phenolic OH excluding ortho intramolecular Hbond substituents is 1. The average molecular weight is 315 g/mol. The minimum absolute atomic E-state index is 0.118. The van der Waals surface area contributed by atoms with Crippen LogP contribution in [0.1, 0.15) is 11.1 Å². The number of fused-ring (bicyclic) bond motifs is 1. The molecule has 0 spiro atoms. The molecule has 23 heavy (non-hydrogen) atoms. The lowest BCUT2D eigenvalue weighted by Gasteiger charge is -2.28. The smallest absolute Gasteiger partial charge is 0.410 e. The average Bonchev–Trinajstić information content (AvgIpc) is 2.57. The zero-order valence-corrected chi connectivity index (χ0v) is 13.2. The molecule has 0 atom stereocenters. The highest BCUT2D eigenvalue weighted by Gasteiger charge is 2.23. The summed E-state index contributed by atoms with van der Waals surface area (Å²) in [6.45, 7) is 8.42. The molecule has 1 heterocycles. The Hall–Kier alpha value is -2.69. The van der Waals surface area contributed by atoms with Gasteiger partial charge < -0.3 is 19.5 Å². The zero-order chi connectivity index (χ0) is 16.8. The Morgan fingerprint density at radius 1 is 1.39 bits per heavy atom. The molecule has 0 bridgehead atoms. The van der Waals surface area contributed by atoms with E-state index in [0.717, 1.165) is 16.7 Å². The number of ether oxygens (including phenoxy) is 2. The maximum absolute atomic E-state index is 12.2. The van der Waals surface area contributed by atoms with Gasteiger partial charge in [0.2, 0.25) is 0 Å². The summed E-state index contributed by atoms with van der Waals surface area (Å²) >= 11 is 0. The van der Waals surface area contributed by atoms with Crippen LogP contribution in [-0.2, 0) is 17.7 Å². The van der Waals surface area contributed by atoms with Crippen molar-refractivity contribution >= 4 is 6.09 Å². The summed E-state index contributed by atoms with van der Waals surface area (Å²) in [6, 6.07) is 3.45. The summed E-state index contributed by atoms with van der Waals surface area (Å²) in [5, 5.41) is 9.81. The lowest BCUT2D eigenvalue weighted by atomic mass is 9.99. The lowest BCUT2D eigenvalue weighted by molar-refractivity contribution is 0.106. The van der Waals surface area contributed by atoms with E-state index in [0.29, 0.717) is 25.3 Å². The minimum atomic E-state index is -0.375. The summed E-state index contributed by atoms with van der Waals surface area (Å²) in [5.74, 6) is 0.522. The molecule has 1 aromatic rings. The Bertz CT molecular complexity index is 649. The number of amides is 1. The molecule has 0 saturated heterocycles. The number of hydrogen-bond donors (Lipinski definition) is 1. The van der Waals surface area contributed by atoms with Crippen LogP contribution >= 0.6 is 0 Å². The first-order valence-electron chi connectivity index (χ1n) is 7.33. The Morgan fingerprint density at radius 3 is 2.83 bits per heavy atom. The minimum Gasteiger partial charge on any atom is -0.504 e. The Morgan fingerprint density at radius 2 is 2.17 bits per heavy atom. The van der Waals surface area contributed by atoms with Crippen LogP contribution in [0.5, 0.6) is 11.5 Å². The first-order chi connectivity index (χ1) is 11.1. The number of rotatable bonds is 5. The largest absolute Gasteiger partial charge is 0.504 e. The quantitative estimate of drug-likeness (QED) is 0.848. The third kappa shape index (κ3) is 3.94. The fourth-order valence-electron chi connectivity index (χ4n) is 2.46.